The summed E-state index contributed by atoms with van der Waals surface area (Å²) in [4.78, 5) is 0.473. The molecule has 72 valence electrons. The molecule has 0 saturated heterocycles. The maximum atomic E-state index is 5.37. The third-order valence-corrected chi connectivity index (χ3v) is 4.00. The first-order valence-corrected chi connectivity index (χ1v) is 5.15. The van der Waals surface area contributed by atoms with E-state index in [4.69, 9.17) is 4.42 Å². The summed E-state index contributed by atoms with van der Waals surface area (Å²) in [5, 5.41) is 7.81. The van der Waals surface area contributed by atoms with Crippen molar-refractivity contribution in [3.8, 4) is 0 Å². The predicted molar refractivity (Wildman–Crippen MR) is 52.3 cm³/mol. The van der Waals surface area contributed by atoms with Gasteiger partial charge in [0.25, 0.3) is 4.80 Å². The summed E-state index contributed by atoms with van der Waals surface area (Å²) in [7, 11) is 0. The third-order valence-electron chi connectivity index (χ3n) is 3.68. The van der Waals surface area contributed by atoms with Crippen molar-refractivity contribution in [2.24, 2.45) is 10.8 Å². The van der Waals surface area contributed by atoms with Crippen molar-refractivity contribution in [3.63, 3.8) is 0 Å². The zero-order valence-electron chi connectivity index (χ0n) is 8.26. The van der Waals surface area contributed by atoms with Crippen LogP contribution in [0.15, 0.2) is 9.22 Å². The number of hydrogen-bond donors (Lipinski definition) is 0. The molecule has 0 atom stereocenters. The van der Waals surface area contributed by atoms with E-state index in [0.717, 1.165) is 5.89 Å². The van der Waals surface area contributed by atoms with Crippen molar-refractivity contribution < 1.29 is 4.42 Å². The van der Waals surface area contributed by atoms with Crippen molar-refractivity contribution in [2.75, 3.05) is 0 Å². The summed E-state index contributed by atoms with van der Waals surface area (Å²) < 4.78 is 5.37. The molecule has 13 heavy (non-hydrogen) atoms. The SMILES string of the molecule is CC1(C)C(c2nnc(Br)o2)C1(C)C. The van der Waals surface area contributed by atoms with E-state index in [1.807, 2.05) is 0 Å². The van der Waals surface area contributed by atoms with E-state index >= 15 is 0 Å². The number of hydrogen-bond acceptors (Lipinski definition) is 3. The molecule has 2 rings (SSSR count). The van der Waals surface area contributed by atoms with E-state index in [-0.39, 0.29) is 10.8 Å². The van der Waals surface area contributed by atoms with E-state index < -0.39 is 0 Å². The molecule has 0 amide bonds. The fourth-order valence-electron chi connectivity index (χ4n) is 2.15. The Bertz CT molecular complexity index is 329. The summed E-state index contributed by atoms with van der Waals surface area (Å²) in [6, 6.07) is 0. The molecular formula is C9H13BrN2O. The van der Waals surface area contributed by atoms with Crippen molar-refractivity contribution in [2.45, 2.75) is 33.6 Å². The van der Waals surface area contributed by atoms with Gasteiger partial charge in [-0.1, -0.05) is 27.7 Å². The smallest absolute Gasteiger partial charge is 0.284 e. The highest BCUT2D eigenvalue weighted by Crippen LogP contribution is 2.73. The predicted octanol–water partition coefficient (Wildman–Crippen LogP) is 2.98. The highest BCUT2D eigenvalue weighted by atomic mass is 79.9. The first-order valence-electron chi connectivity index (χ1n) is 4.36. The van der Waals surface area contributed by atoms with Gasteiger partial charge in [-0.15, -0.1) is 10.2 Å². The molecule has 0 bridgehead atoms. The van der Waals surface area contributed by atoms with Gasteiger partial charge in [0.15, 0.2) is 0 Å². The third kappa shape index (κ3) is 1.08. The van der Waals surface area contributed by atoms with Crippen molar-refractivity contribution >= 4 is 15.9 Å². The lowest BCUT2D eigenvalue weighted by atomic mass is 10.0. The van der Waals surface area contributed by atoms with Crippen LogP contribution in [-0.4, -0.2) is 10.2 Å². The molecule has 0 aromatic carbocycles. The highest BCUT2D eigenvalue weighted by Gasteiger charge is 2.67. The van der Waals surface area contributed by atoms with Gasteiger partial charge in [0.1, 0.15) is 0 Å². The maximum absolute atomic E-state index is 5.37. The first-order chi connectivity index (χ1) is 5.87. The Morgan fingerprint density at radius 3 is 2.00 bits per heavy atom. The Labute approximate surface area is 86.0 Å². The summed E-state index contributed by atoms with van der Waals surface area (Å²) >= 11 is 3.16. The van der Waals surface area contributed by atoms with Gasteiger partial charge >= 0.3 is 0 Å². The molecule has 0 N–H and O–H groups in total. The molecule has 0 spiro atoms. The second kappa shape index (κ2) is 2.35. The average Bonchev–Trinajstić information content (AvgIpc) is 2.32. The molecule has 1 aromatic rings. The second-order valence-electron chi connectivity index (χ2n) is 4.77. The van der Waals surface area contributed by atoms with Crippen LogP contribution >= 0.6 is 15.9 Å². The van der Waals surface area contributed by atoms with Crippen molar-refractivity contribution in [3.05, 3.63) is 10.7 Å². The van der Waals surface area contributed by atoms with Crippen LogP contribution in [-0.2, 0) is 0 Å². The lowest BCUT2D eigenvalue weighted by molar-refractivity contribution is 0.449. The van der Waals surface area contributed by atoms with Crippen molar-refractivity contribution in [1.29, 1.82) is 0 Å². The van der Waals surface area contributed by atoms with Crippen LogP contribution < -0.4 is 0 Å². The van der Waals surface area contributed by atoms with E-state index in [2.05, 4.69) is 53.8 Å². The van der Waals surface area contributed by atoms with Gasteiger partial charge in [0.05, 0.1) is 0 Å². The Balaban J connectivity index is 2.32. The molecule has 1 aliphatic carbocycles. The Morgan fingerprint density at radius 2 is 1.69 bits per heavy atom. The Morgan fingerprint density at radius 1 is 1.15 bits per heavy atom. The standard InChI is InChI=1S/C9H13BrN2O/c1-8(2)5(9(8,3)4)6-11-12-7(10)13-6/h5H,1-4H3. The molecule has 1 heterocycles. The fraction of sp³-hybridized carbons (Fsp3) is 0.778. The zero-order valence-corrected chi connectivity index (χ0v) is 9.84. The van der Waals surface area contributed by atoms with Crippen LogP contribution in [0.5, 0.6) is 0 Å². The van der Waals surface area contributed by atoms with Crippen LogP contribution in [0.25, 0.3) is 0 Å². The molecule has 1 saturated carbocycles. The van der Waals surface area contributed by atoms with Crippen LogP contribution in [0.1, 0.15) is 39.5 Å². The number of nitrogens with zero attached hydrogens (tertiary/aromatic N) is 2. The first kappa shape index (κ1) is 9.19. The van der Waals surface area contributed by atoms with Gasteiger partial charge in [-0.25, -0.2) is 0 Å². The van der Waals surface area contributed by atoms with E-state index in [9.17, 15) is 0 Å². The largest absolute Gasteiger partial charge is 0.415 e. The molecule has 1 aromatic heterocycles. The summed E-state index contributed by atoms with van der Waals surface area (Å²) in [5.74, 6) is 1.14. The van der Waals surface area contributed by atoms with Crippen LogP contribution in [0.2, 0.25) is 0 Å². The fourth-order valence-corrected chi connectivity index (χ4v) is 2.39. The van der Waals surface area contributed by atoms with Crippen LogP contribution in [0.3, 0.4) is 0 Å². The Kier molecular flexibility index (Phi) is 1.66. The summed E-state index contributed by atoms with van der Waals surface area (Å²) in [6.07, 6.45) is 0. The van der Waals surface area contributed by atoms with Gasteiger partial charge in [-0.3, -0.25) is 0 Å². The monoisotopic (exact) mass is 244 g/mol. The quantitative estimate of drug-likeness (QED) is 0.763. The number of halogens is 1. The van der Waals surface area contributed by atoms with E-state index in [1.165, 1.54) is 0 Å². The molecule has 0 unspecified atom stereocenters. The zero-order chi connectivity index (χ0) is 9.85. The minimum absolute atomic E-state index is 0.263. The molecule has 3 nitrogen and oxygen atoms in total. The lowest BCUT2D eigenvalue weighted by Crippen LogP contribution is -1.95. The minimum atomic E-state index is 0.263. The van der Waals surface area contributed by atoms with Gasteiger partial charge in [0.2, 0.25) is 5.89 Å². The maximum Gasteiger partial charge on any atom is 0.284 e. The topological polar surface area (TPSA) is 38.9 Å². The van der Waals surface area contributed by atoms with Gasteiger partial charge in [0, 0.05) is 21.8 Å². The molecule has 1 aliphatic rings. The van der Waals surface area contributed by atoms with Gasteiger partial charge in [-0.2, -0.15) is 0 Å². The molecule has 0 aliphatic heterocycles. The molecule has 0 radical (unpaired) electrons. The summed E-state index contributed by atoms with van der Waals surface area (Å²) in [6.45, 7) is 8.93. The van der Waals surface area contributed by atoms with Crippen molar-refractivity contribution in [1.82, 2.24) is 10.2 Å². The average molecular weight is 245 g/mol. The number of aromatic nitrogens is 2. The summed E-state index contributed by atoms with van der Waals surface area (Å²) in [5.41, 5.74) is 0.526. The second-order valence-corrected chi connectivity index (χ2v) is 5.45. The Hall–Kier alpha value is -0.380. The van der Waals surface area contributed by atoms with Gasteiger partial charge < -0.3 is 4.42 Å². The van der Waals surface area contributed by atoms with Crippen LogP contribution in [0.4, 0.5) is 0 Å². The van der Waals surface area contributed by atoms with Gasteiger partial charge in [-0.05, 0) is 10.8 Å². The van der Waals surface area contributed by atoms with E-state index in [0.29, 0.717) is 10.7 Å². The molecular weight excluding hydrogens is 232 g/mol. The lowest BCUT2D eigenvalue weighted by Gasteiger charge is -2.03. The van der Waals surface area contributed by atoms with E-state index in [1.54, 1.807) is 0 Å². The normalized spacial score (nSPS) is 24.7. The highest BCUT2D eigenvalue weighted by molar-refractivity contribution is 9.10. The molecule has 1 fully saturated rings. The van der Waals surface area contributed by atoms with Crippen LogP contribution in [0, 0.1) is 10.8 Å². The molecule has 4 heteroatoms. The minimum Gasteiger partial charge on any atom is -0.415 e. The number of rotatable bonds is 1.